The van der Waals surface area contributed by atoms with Gasteiger partial charge in [-0.05, 0) is 13.0 Å². The van der Waals surface area contributed by atoms with Crippen molar-refractivity contribution in [2.45, 2.75) is 37.2 Å². The molecule has 0 fully saturated rings. The third-order valence-electron chi connectivity index (χ3n) is 2.00. The summed E-state index contributed by atoms with van der Waals surface area (Å²) in [5.74, 6) is 0. The van der Waals surface area contributed by atoms with Crippen molar-refractivity contribution in [3.63, 3.8) is 0 Å². The lowest BCUT2D eigenvalue weighted by Crippen LogP contribution is -2.14. The van der Waals surface area contributed by atoms with E-state index in [0.29, 0.717) is 0 Å². The first-order valence-corrected chi connectivity index (χ1v) is 6.43. The topological polar surface area (TPSA) is 58.0 Å². The van der Waals surface area contributed by atoms with Gasteiger partial charge >= 0.3 is 0 Å². The summed E-state index contributed by atoms with van der Waals surface area (Å²) < 4.78 is 0. The first kappa shape index (κ1) is 13.4. The van der Waals surface area contributed by atoms with Crippen LogP contribution in [0.1, 0.15) is 25.8 Å². The molecule has 5 heteroatoms. The highest BCUT2D eigenvalue weighted by molar-refractivity contribution is 7.99. The SMILES string of the molecule is CCCNCc1cnc(SC(C)CO)nc1. The summed E-state index contributed by atoms with van der Waals surface area (Å²) in [6.45, 7) is 6.06. The van der Waals surface area contributed by atoms with Crippen LogP contribution in [0, 0.1) is 0 Å². The van der Waals surface area contributed by atoms with Gasteiger partial charge in [0.15, 0.2) is 5.16 Å². The summed E-state index contributed by atoms with van der Waals surface area (Å²) in [4.78, 5) is 8.49. The van der Waals surface area contributed by atoms with Gasteiger partial charge < -0.3 is 10.4 Å². The van der Waals surface area contributed by atoms with Crippen molar-refractivity contribution < 1.29 is 5.11 Å². The maximum Gasteiger partial charge on any atom is 0.187 e. The monoisotopic (exact) mass is 241 g/mol. The normalized spacial score (nSPS) is 12.7. The first-order valence-electron chi connectivity index (χ1n) is 5.55. The molecule has 2 N–H and O–H groups in total. The number of rotatable bonds is 7. The maximum atomic E-state index is 8.91. The van der Waals surface area contributed by atoms with Gasteiger partial charge in [0.25, 0.3) is 0 Å². The first-order chi connectivity index (χ1) is 7.76. The van der Waals surface area contributed by atoms with Crippen molar-refractivity contribution in [3.8, 4) is 0 Å². The van der Waals surface area contributed by atoms with E-state index in [0.717, 1.165) is 30.2 Å². The van der Waals surface area contributed by atoms with E-state index in [1.165, 1.54) is 11.8 Å². The van der Waals surface area contributed by atoms with Gasteiger partial charge in [-0.2, -0.15) is 0 Å². The molecular weight excluding hydrogens is 222 g/mol. The van der Waals surface area contributed by atoms with Gasteiger partial charge in [0, 0.05) is 29.8 Å². The second-order valence-corrected chi connectivity index (χ2v) is 5.07. The van der Waals surface area contributed by atoms with Crippen molar-refractivity contribution in [2.75, 3.05) is 13.2 Å². The zero-order valence-electron chi connectivity index (χ0n) is 9.81. The van der Waals surface area contributed by atoms with Crippen molar-refractivity contribution in [1.29, 1.82) is 0 Å². The van der Waals surface area contributed by atoms with Crippen LogP contribution in [0.2, 0.25) is 0 Å². The lowest BCUT2D eigenvalue weighted by Gasteiger charge is -2.06. The van der Waals surface area contributed by atoms with Crippen LogP contribution in [-0.4, -0.2) is 33.5 Å². The van der Waals surface area contributed by atoms with Gasteiger partial charge in [-0.3, -0.25) is 0 Å². The van der Waals surface area contributed by atoms with Crippen molar-refractivity contribution >= 4 is 11.8 Å². The average Bonchev–Trinajstić information content (AvgIpc) is 2.31. The number of thioether (sulfide) groups is 1. The number of hydrogen-bond acceptors (Lipinski definition) is 5. The minimum atomic E-state index is 0.143. The Morgan fingerprint density at radius 1 is 1.44 bits per heavy atom. The van der Waals surface area contributed by atoms with Crippen LogP contribution >= 0.6 is 11.8 Å². The molecule has 0 radical (unpaired) electrons. The summed E-state index contributed by atoms with van der Waals surface area (Å²) in [7, 11) is 0. The van der Waals surface area contributed by atoms with E-state index in [1.54, 1.807) is 0 Å². The minimum Gasteiger partial charge on any atom is -0.395 e. The van der Waals surface area contributed by atoms with Gasteiger partial charge in [-0.25, -0.2) is 9.97 Å². The summed E-state index contributed by atoms with van der Waals surface area (Å²) in [5, 5.41) is 13.1. The molecule has 4 nitrogen and oxygen atoms in total. The quantitative estimate of drug-likeness (QED) is 0.430. The Kier molecular flexibility index (Phi) is 6.37. The molecule has 90 valence electrons. The van der Waals surface area contributed by atoms with Crippen LogP contribution in [0.3, 0.4) is 0 Å². The zero-order chi connectivity index (χ0) is 11.8. The third-order valence-corrected chi connectivity index (χ3v) is 2.97. The molecule has 0 aliphatic rings. The predicted octanol–water partition coefficient (Wildman–Crippen LogP) is 1.45. The van der Waals surface area contributed by atoms with Crippen molar-refractivity contribution in [3.05, 3.63) is 18.0 Å². The summed E-state index contributed by atoms with van der Waals surface area (Å²) in [6.07, 6.45) is 4.80. The lowest BCUT2D eigenvalue weighted by molar-refractivity contribution is 0.300. The highest BCUT2D eigenvalue weighted by Crippen LogP contribution is 2.17. The van der Waals surface area contributed by atoms with E-state index in [1.807, 2.05) is 19.3 Å². The smallest absolute Gasteiger partial charge is 0.187 e. The fourth-order valence-electron chi connectivity index (χ4n) is 1.12. The molecule has 0 spiro atoms. The zero-order valence-corrected chi connectivity index (χ0v) is 10.6. The Balaban J connectivity index is 2.41. The van der Waals surface area contributed by atoms with Gasteiger partial charge in [-0.1, -0.05) is 25.6 Å². The van der Waals surface area contributed by atoms with Gasteiger partial charge in [0.1, 0.15) is 0 Å². The largest absolute Gasteiger partial charge is 0.395 e. The van der Waals surface area contributed by atoms with Crippen LogP contribution in [0.25, 0.3) is 0 Å². The molecule has 16 heavy (non-hydrogen) atoms. The van der Waals surface area contributed by atoms with Crippen molar-refractivity contribution in [1.82, 2.24) is 15.3 Å². The second kappa shape index (κ2) is 7.60. The van der Waals surface area contributed by atoms with E-state index < -0.39 is 0 Å². The molecule has 1 heterocycles. The fourth-order valence-corrected chi connectivity index (χ4v) is 1.78. The molecule has 0 saturated carbocycles. The lowest BCUT2D eigenvalue weighted by atomic mass is 10.3. The van der Waals surface area contributed by atoms with E-state index in [2.05, 4.69) is 22.2 Å². The van der Waals surface area contributed by atoms with Crippen LogP contribution in [-0.2, 0) is 6.54 Å². The number of nitrogens with zero attached hydrogens (tertiary/aromatic N) is 2. The summed E-state index contributed by atoms with van der Waals surface area (Å²) in [6, 6.07) is 0. The van der Waals surface area contributed by atoms with Crippen LogP contribution in [0.5, 0.6) is 0 Å². The Bertz CT molecular complexity index is 292. The molecule has 1 aromatic heterocycles. The third kappa shape index (κ3) is 4.92. The molecule has 0 aromatic carbocycles. The molecule has 1 unspecified atom stereocenters. The van der Waals surface area contributed by atoms with E-state index in [4.69, 9.17) is 5.11 Å². The Morgan fingerprint density at radius 3 is 2.69 bits per heavy atom. The molecule has 0 bridgehead atoms. The molecule has 1 aromatic rings. The van der Waals surface area contributed by atoms with Gasteiger partial charge in [0.2, 0.25) is 0 Å². The second-order valence-electron chi connectivity index (χ2n) is 3.66. The van der Waals surface area contributed by atoms with Gasteiger partial charge in [0.05, 0.1) is 6.61 Å². The molecule has 0 amide bonds. The van der Waals surface area contributed by atoms with Crippen LogP contribution < -0.4 is 5.32 Å². The number of nitrogens with one attached hydrogen (secondary N) is 1. The Morgan fingerprint density at radius 2 is 2.12 bits per heavy atom. The Hall–Kier alpha value is -0.650. The Labute approximate surface area is 101 Å². The standard InChI is InChI=1S/C11H19N3OS/c1-3-4-12-5-10-6-13-11(14-7-10)16-9(2)8-15/h6-7,9,12,15H,3-5,8H2,1-2H3. The molecule has 0 aliphatic carbocycles. The van der Waals surface area contributed by atoms with E-state index >= 15 is 0 Å². The highest BCUT2D eigenvalue weighted by Gasteiger charge is 2.04. The molecule has 0 aliphatic heterocycles. The number of aliphatic hydroxyl groups excluding tert-OH is 1. The molecule has 1 rings (SSSR count). The van der Waals surface area contributed by atoms with Crippen LogP contribution in [0.15, 0.2) is 17.6 Å². The molecular formula is C11H19N3OS. The molecule has 0 saturated heterocycles. The molecule has 1 atom stereocenters. The predicted molar refractivity (Wildman–Crippen MR) is 66.4 cm³/mol. The average molecular weight is 241 g/mol. The highest BCUT2D eigenvalue weighted by atomic mass is 32.2. The number of aromatic nitrogens is 2. The minimum absolute atomic E-state index is 0.143. The summed E-state index contributed by atoms with van der Waals surface area (Å²) >= 11 is 1.49. The van der Waals surface area contributed by atoms with E-state index in [9.17, 15) is 0 Å². The summed E-state index contributed by atoms with van der Waals surface area (Å²) in [5.41, 5.74) is 1.09. The number of hydrogen-bond donors (Lipinski definition) is 2. The number of aliphatic hydroxyl groups is 1. The van der Waals surface area contributed by atoms with Crippen molar-refractivity contribution in [2.24, 2.45) is 0 Å². The van der Waals surface area contributed by atoms with Gasteiger partial charge in [-0.15, -0.1) is 0 Å². The fraction of sp³-hybridized carbons (Fsp3) is 0.636. The van der Waals surface area contributed by atoms with Crippen LogP contribution in [0.4, 0.5) is 0 Å². The van der Waals surface area contributed by atoms with E-state index in [-0.39, 0.29) is 11.9 Å². The maximum absolute atomic E-state index is 8.91.